The summed E-state index contributed by atoms with van der Waals surface area (Å²) in [4.78, 5) is 8.32. The highest BCUT2D eigenvalue weighted by Gasteiger charge is 2.39. The highest BCUT2D eigenvalue weighted by atomic mass is 32.2. The smallest absolute Gasteiger partial charge is 0.404 e. The van der Waals surface area contributed by atoms with Crippen molar-refractivity contribution in [3.8, 4) is 23.2 Å². The monoisotopic (exact) mass is 489 g/mol. The van der Waals surface area contributed by atoms with Gasteiger partial charge in [-0.2, -0.15) is 23.2 Å². The van der Waals surface area contributed by atoms with E-state index in [1.165, 1.54) is 13.2 Å². The largest absolute Gasteiger partial charge is 0.495 e. The van der Waals surface area contributed by atoms with Crippen LogP contribution < -0.4 is 9.46 Å². The van der Waals surface area contributed by atoms with Crippen molar-refractivity contribution in [2.45, 2.75) is 31.0 Å². The van der Waals surface area contributed by atoms with E-state index in [9.17, 15) is 26.9 Å². The third kappa shape index (κ3) is 3.93. The van der Waals surface area contributed by atoms with Gasteiger partial charge < -0.3 is 4.74 Å². The maximum atomic E-state index is 12.8. The first-order valence-electron chi connectivity index (χ1n) is 9.92. The standard InChI is InChI=1S/C22H18F3N5O3S/c1-12-19(33-3)9-16-17(10-26)20(30(21(16)28-12)14-5-4-6-14)18-8-7-15(11-27-18)34(31,32)29-13(2)22(23,24)25/h4-9,11,13,29H,1-3H3. The summed E-state index contributed by atoms with van der Waals surface area (Å²) < 4.78 is 71.8. The van der Waals surface area contributed by atoms with Crippen molar-refractivity contribution in [1.29, 1.82) is 5.26 Å². The van der Waals surface area contributed by atoms with Crippen LogP contribution in [0.25, 0.3) is 28.1 Å². The zero-order valence-electron chi connectivity index (χ0n) is 18.2. The molecule has 34 heavy (non-hydrogen) atoms. The SMILES string of the molecule is COc1cc2c(C#N)c(-c3ccc(S(=O)(=O)NC(C)C(F)(F)F)cn3)n(C3=CC=C3)c2nc1C. The summed E-state index contributed by atoms with van der Waals surface area (Å²) in [6.07, 6.45) is 1.65. The lowest BCUT2D eigenvalue weighted by Gasteiger charge is -2.17. The molecular formula is C22H18F3N5O3S. The molecule has 12 heteroatoms. The summed E-state index contributed by atoms with van der Waals surface area (Å²) in [7, 11) is -2.98. The van der Waals surface area contributed by atoms with Crippen LogP contribution in [0.5, 0.6) is 5.75 Å². The Labute approximate surface area is 193 Å². The van der Waals surface area contributed by atoms with Gasteiger partial charge in [-0.05, 0) is 44.2 Å². The predicted molar refractivity (Wildman–Crippen MR) is 118 cm³/mol. The van der Waals surface area contributed by atoms with Gasteiger partial charge in [-0.3, -0.25) is 9.55 Å². The molecule has 0 amide bonds. The Kier molecular flexibility index (Phi) is 5.71. The topological polar surface area (TPSA) is 110 Å². The van der Waals surface area contributed by atoms with Crippen molar-refractivity contribution in [2.75, 3.05) is 7.11 Å². The lowest BCUT2D eigenvalue weighted by Crippen LogP contribution is -2.42. The van der Waals surface area contributed by atoms with Crippen molar-refractivity contribution >= 4 is 26.8 Å². The summed E-state index contributed by atoms with van der Waals surface area (Å²) in [5, 5.41) is 10.5. The number of fused-ring (bicyclic) bond motifs is 1. The zero-order chi connectivity index (χ0) is 24.8. The number of nitrogens with zero attached hydrogens (tertiary/aromatic N) is 4. The fourth-order valence-electron chi connectivity index (χ4n) is 3.47. The van der Waals surface area contributed by atoms with Crippen molar-refractivity contribution in [2.24, 2.45) is 0 Å². The van der Waals surface area contributed by atoms with Gasteiger partial charge in [0.15, 0.2) is 0 Å². The van der Waals surface area contributed by atoms with Crippen molar-refractivity contribution in [3.05, 3.63) is 53.9 Å². The molecule has 0 bridgehead atoms. The third-order valence-corrected chi connectivity index (χ3v) is 6.85. The number of alkyl halides is 3. The molecule has 0 fully saturated rings. The van der Waals surface area contributed by atoms with E-state index in [0.717, 1.165) is 18.0 Å². The van der Waals surface area contributed by atoms with Crippen LogP contribution in [-0.2, 0) is 10.0 Å². The molecule has 0 saturated carbocycles. The van der Waals surface area contributed by atoms with E-state index in [1.807, 2.05) is 18.2 Å². The Hall–Kier alpha value is -3.69. The van der Waals surface area contributed by atoms with Crippen LogP contribution in [0.1, 0.15) is 18.2 Å². The minimum absolute atomic E-state index is 0.244. The molecular weight excluding hydrogens is 471 g/mol. The first-order chi connectivity index (χ1) is 16.0. The number of nitrogens with one attached hydrogen (secondary N) is 1. The predicted octanol–water partition coefficient (Wildman–Crippen LogP) is 3.93. The van der Waals surface area contributed by atoms with Gasteiger partial charge in [0, 0.05) is 17.3 Å². The first kappa shape index (κ1) is 23.5. The molecule has 3 aromatic rings. The molecule has 8 nitrogen and oxygen atoms in total. The molecule has 176 valence electrons. The van der Waals surface area contributed by atoms with E-state index in [-0.39, 0.29) is 11.3 Å². The Morgan fingerprint density at radius 3 is 2.50 bits per heavy atom. The normalized spacial score (nSPS) is 14.4. The molecule has 0 aromatic carbocycles. The lowest BCUT2D eigenvalue weighted by atomic mass is 10.1. The number of hydrogen-bond donors (Lipinski definition) is 1. The summed E-state index contributed by atoms with van der Waals surface area (Å²) in [5.41, 5.74) is 2.68. The maximum absolute atomic E-state index is 12.8. The molecule has 0 spiro atoms. The Bertz CT molecular complexity index is 1500. The summed E-state index contributed by atoms with van der Waals surface area (Å²) >= 11 is 0. The Morgan fingerprint density at radius 2 is 2.00 bits per heavy atom. The van der Waals surface area contributed by atoms with E-state index in [1.54, 1.807) is 22.3 Å². The average molecular weight is 489 g/mol. The quantitative estimate of drug-likeness (QED) is 0.562. The summed E-state index contributed by atoms with van der Waals surface area (Å²) in [6, 6.07) is 4.06. The highest BCUT2D eigenvalue weighted by Crippen LogP contribution is 2.38. The van der Waals surface area contributed by atoms with Crippen LogP contribution in [0.3, 0.4) is 0 Å². The van der Waals surface area contributed by atoms with E-state index < -0.39 is 27.1 Å². The van der Waals surface area contributed by atoms with Gasteiger partial charge in [-0.25, -0.2) is 13.4 Å². The second-order valence-corrected chi connectivity index (χ2v) is 9.25. The number of rotatable bonds is 6. The fourth-order valence-corrected chi connectivity index (χ4v) is 4.64. The zero-order valence-corrected chi connectivity index (χ0v) is 19.0. The fraction of sp³-hybridized carbons (Fsp3) is 0.227. The number of halogens is 3. The molecule has 1 N–H and O–H groups in total. The molecule has 3 heterocycles. The number of hydrogen-bond acceptors (Lipinski definition) is 6. The second kappa shape index (κ2) is 8.27. The summed E-state index contributed by atoms with van der Waals surface area (Å²) in [5.74, 6) is 0.491. The summed E-state index contributed by atoms with van der Waals surface area (Å²) in [6.45, 7) is 2.47. The Balaban J connectivity index is 1.85. The maximum Gasteiger partial charge on any atom is 0.404 e. The van der Waals surface area contributed by atoms with Gasteiger partial charge in [-0.15, -0.1) is 0 Å². The van der Waals surface area contributed by atoms with Crippen LogP contribution in [0, 0.1) is 18.3 Å². The number of allylic oxidation sites excluding steroid dienone is 4. The van der Waals surface area contributed by atoms with Crippen molar-refractivity contribution in [1.82, 2.24) is 19.3 Å². The molecule has 4 rings (SSSR count). The number of pyridine rings is 2. The van der Waals surface area contributed by atoms with Crippen molar-refractivity contribution < 1.29 is 26.3 Å². The molecule has 1 aliphatic carbocycles. The van der Waals surface area contributed by atoms with Crippen LogP contribution in [0.15, 0.2) is 47.5 Å². The van der Waals surface area contributed by atoms with Gasteiger partial charge in [-0.1, -0.05) is 6.08 Å². The number of aryl methyl sites for hydroxylation is 1. The minimum Gasteiger partial charge on any atom is -0.495 e. The third-order valence-electron chi connectivity index (χ3n) is 5.32. The molecule has 0 saturated heterocycles. The first-order valence-corrected chi connectivity index (χ1v) is 11.4. The van der Waals surface area contributed by atoms with Gasteiger partial charge in [0.1, 0.15) is 28.4 Å². The number of sulfonamides is 1. The van der Waals surface area contributed by atoms with Crippen LogP contribution in [-0.4, -0.2) is 42.3 Å². The number of aromatic nitrogens is 3. The van der Waals surface area contributed by atoms with Crippen LogP contribution >= 0.6 is 0 Å². The van der Waals surface area contributed by atoms with E-state index in [0.29, 0.717) is 35.1 Å². The van der Waals surface area contributed by atoms with Crippen molar-refractivity contribution in [3.63, 3.8) is 0 Å². The Morgan fingerprint density at radius 1 is 1.29 bits per heavy atom. The van der Waals surface area contributed by atoms with Gasteiger partial charge in [0.25, 0.3) is 0 Å². The number of methoxy groups -OCH3 is 1. The van der Waals surface area contributed by atoms with Crippen LogP contribution in [0.4, 0.5) is 13.2 Å². The molecule has 1 aliphatic rings. The van der Waals surface area contributed by atoms with Gasteiger partial charge >= 0.3 is 6.18 Å². The van der Waals surface area contributed by atoms with E-state index in [2.05, 4.69) is 16.0 Å². The van der Waals surface area contributed by atoms with E-state index in [4.69, 9.17) is 4.74 Å². The molecule has 3 aromatic heterocycles. The molecule has 1 unspecified atom stereocenters. The molecule has 1 atom stereocenters. The molecule has 0 aliphatic heterocycles. The highest BCUT2D eigenvalue weighted by molar-refractivity contribution is 7.89. The lowest BCUT2D eigenvalue weighted by molar-refractivity contribution is -0.147. The second-order valence-electron chi connectivity index (χ2n) is 7.53. The average Bonchev–Trinajstić information content (AvgIpc) is 3.03. The number of ether oxygens (including phenoxy) is 1. The van der Waals surface area contributed by atoms with E-state index >= 15 is 0 Å². The minimum atomic E-state index is -4.74. The molecule has 0 radical (unpaired) electrons. The van der Waals surface area contributed by atoms with Crippen LogP contribution in [0.2, 0.25) is 0 Å². The number of nitriles is 1. The van der Waals surface area contributed by atoms with Gasteiger partial charge in [0.05, 0.1) is 29.8 Å². The van der Waals surface area contributed by atoms with Gasteiger partial charge in [0.2, 0.25) is 10.0 Å².